The van der Waals surface area contributed by atoms with Crippen LogP contribution in [0.15, 0.2) is 22.7 Å². The van der Waals surface area contributed by atoms with Crippen molar-refractivity contribution < 1.29 is 9.32 Å². The smallest absolute Gasteiger partial charge is 0.228 e. The summed E-state index contributed by atoms with van der Waals surface area (Å²) in [7, 11) is 0. The molecule has 0 spiro atoms. The predicted octanol–water partition coefficient (Wildman–Crippen LogP) is 3.16. The number of hydrogen-bond donors (Lipinski definition) is 0. The van der Waals surface area contributed by atoms with Crippen LogP contribution in [0.2, 0.25) is 0 Å². The lowest BCUT2D eigenvalue weighted by molar-refractivity contribution is -0.132. The molecule has 5 heteroatoms. The zero-order valence-electron chi connectivity index (χ0n) is 15.0. The molecule has 0 bridgehead atoms. The van der Waals surface area contributed by atoms with Crippen molar-refractivity contribution in [2.75, 3.05) is 26.2 Å². The van der Waals surface area contributed by atoms with Gasteiger partial charge in [0.2, 0.25) is 5.91 Å². The third-order valence-electron chi connectivity index (χ3n) is 5.78. The first kappa shape index (κ1) is 16.6. The van der Waals surface area contributed by atoms with Gasteiger partial charge in [-0.15, -0.1) is 0 Å². The molecule has 4 rings (SSSR count). The molecule has 1 aromatic heterocycles. The number of fused-ring (bicyclic) bond motifs is 1. The predicted molar refractivity (Wildman–Crippen MR) is 97.5 cm³/mol. The van der Waals surface area contributed by atoms with E-state index in [1.165, 1.54) is 32.1 Å². The van der Waals surface area contributed by atoms with Gasteiger partial charge in [0, 0.05) is 37.6 Å². The van der Waals surface area contributed by atoms with Gasteiger partial charge in [0.25, 0.3) is 0 Å². The minimum absolute atomic E-state index is 0.167. The lowest BCUT2D eigenvalue weighted by Gasteiger charge is -2.40. The van der Waals surface area contributed by atoms with Crippen molar-refractivity contribution >= 4 is 16.9 Å². The van der Waals surface area contributed by atoms with E-state index in [2.05, 4.69) is 16.1 Å². The molecule has 1 amide bonds. The van der Waals surface area contributed by atoms with Gasteiger partial charge in [-0.1, -0.05) is 36.0 Å². The molecular weight excluding hydrogens is 314 g/mol. The van der Waals surface area contributed by atoms with Crippen molar-refractivity contribution in [3.05, 3.63) is 29.5 Å². The van der Waals surface area contributed by atoms with Crippen molar-refractivity contribution in [3.8, 4) is 0 Å². The minimum atomic E-state index is 0.167. The fourth-order valence-electron chi connectivity index (χ4n) is 4.27. The van der Waals surface area contributed by atoms with Crippen molar-refractivity contribution in [3.63, 3.8) is 0 Å². The summed E-state index contributed by atoms with van der Waals surface area (Å²) in [5.41, 5.74) is 2.68. The number of nitrogens with zero attached hydrogens (tertiary/aromatic N) is 3. The average Bonchev–Trinajstić information content (AvgIpc) is 3.04. The fraction of sp³-hybridized carbons (Fsp3) is 0.600. The Morgan fingerprint density at radius 3 is 2.68 bits per heavy atom. The Bertz CT molecular complexity index is 740. The molecule has 2 fully saturated rings. The molecule has 0 atom stereocenters. The first-order chi connectivity index (χ1) is 12.2. The summed E-state index contributed by atoms with van der Waals surface area (Å²) in [6.45, 7) is 5.74. The highest BCUT2D eigenvalue weighted by Crippen LogP contribution is 2.24. The van der Waals surface area contributed by atoms with Gasteiger partial charge >= 0.3 is 0 Å². The second-order valence-corrected chi connectivity index (χ2v) is 7.51. The molecule has 0 N–H and O–H groups in total. The molecule has 2 aromatic rings. The number of amides is 1. The third-order valence-corrected chi connectivity index (χ3v) is 5.78. The number of carbonyl (C=O) groups is 1. The van der Waals surface area contributed by atoms with Gasteiger partial charge in [0.1, 0.15) is 5.69 Å². The highest BCUT2D eigenvalue weighted by Gasteiger charge is 2.27. The van der Waals surface area contributed by atoms with Crippen LogP contribution < -0.4 is 0 Å². The number of carbonyl (C=O) groups excluding carboxylic acids is 1. The van der Waals surface area contributed by atoms with E-state index < -0.39 is 0 Å². The first-order valence-electron chi connectivity index (χ1n) is 9.57. The summed E-state index contributed by atoms with van der Waals surface area (Å²) < 4.78 is 5.36. The average molecular weight is 341 g/mol. The maximum Gasteiger partial charge on any atom is 0.228 e. The quantitative estimate of drug-likeness (QED) is 0.860. The molecule has 1 saturated carbocycles. The maximum atomic E-state index is 12.7. The van der Waals surface area contributed by atoms with Gasteiger partial charge in [-0.05, 0) is 31.9 Å². The van der Waals surface area contributed by atoms with E-state index in [0.717, 1.165) is 54.4 Å². The highest BCUT2D eigenvalue weighted by atomic mass is 16.5. The lowest BCUT2D eigenvalue weighted by atomic mass is 9.94. The molecule has 1 aliphatic carbocycles. The van der Waals surface area contributed by atoms with Gasteiger partial charge in [-0.2, -0.15) is 0 Å². The van der Waals surface area contributed by atoms with Crippen LogP contribution in [0.5, 0.6) is 0 Å². The Hall–Kier alpha value is -1.88. The van der Waals surface area contributed by atoms with Crippen LogP contribution in [0.4, 0.5) is 0 Å². The monoisotopic (exact) mass is 341 g/mol. The highest BCUT2D eigenvalue weighted by molar-refractivity contribution is 5.86. The summed E-state index contributed by atoms with van der Waals surface area (Å²) >= 11 is 0. The van der Waals surface area contributed by atoms with Crippen molar-refractivity contribution in [1.82, 2.24) is 15.0 Å². The Morgan fingerprint density at radius 1 is 1.16 bits per heavy atom. The molecule has 134 valence electrons. The number of benzene rings is 1. The van der Waals surface area contributed by atoms with Gasteiger partial charge in [0.05, 0.1) is 6.42 Å². The van der Waals surface area contributed by atoms with E-state index in [9.17, 15) is 4.79 Å². The SMILES string of the molecule is Cc1ccc2onc(CC(=O)N3CCN(C4CCCCC4)CC3)c2c1. The van der Waals surface area contributed by atoms with Crippen molar-refractivity contribution in [1.29, 1.82) is 0 Å². The fourth-order valence-corrected chi connectivity index (χ4v) is 4.27. The zero-order chi connectivity index (χ0) is 17.2. The number of aromatic nitrogens is 1. The Balaban J connectivity index is 1.36. The van der Waals surface area contributed by atoms with Gasteiger partial charge in [-0.25, -0.2) is 0 Å². The Kier molecular flexibility index (Phi) is 4.75. The second-order valence-electron chi connectivity index (χ2n) is 7.51. The maximum absolute atomic E-state index is 12.7. The molecule has 0 unspecified atom stereocenters. The van der Waals surface area contributed by atoms with Crippen molar-refractivity contribution in [2.24, 2.45) is 0 Å². The topological polar surface area (TPSA) is 49.6 Å². The molecule has 5 nitrogen and oxygen atoms in total. The molecular formula is C20H27N3O2. The zero-order valence-corrected chi connectivity index (χ0v) is 15.0. The molecule has 1 aliphatic heterocycles. The number of rotatable bonds is 3. The molecule has 0 radical (unpaired) electrons. The lowest BCUT2D eigenvalue weighted by Crippen LogP contribution is -2.52. The summed E-state index contributed by atoms with van der Waals surface area (Å²) in [5.74, 6) is 0.167. The van der Waals surface area contributed by atoms with Gasteiger partial charge < -0.3 is 9.42 Å². The van der Waals surface area contributed by atoms with Crippen LogP contribution in [-0.2, 0) is 11.2 Å². The first-order valence-corrected chi connectivity index (χ1v) is 9.57. The number of piperazine rings is 1. The van der Waals surface area contributed by atoms with Crippen LogP contribution >= 0.6 is 0 Å². The van der Waals surface area contributed by atoms with E-state index in [1.807, 2.05) is 24.0 Å². The van der Waals surface area contributed by atoms with Gasteiger partial charge in [-0.3, -0.25) is 9.69 Å². The van der Waals surface area contributed by atoms with Crippen LogP contribution in [0.1, 0.15) is 43.4 Å². The van der Waals surface area contributed by atoms with Crippen LogP contribution in [-0.4, -0.2) is 53.1 Å². The second kappa shape index (κ2) is 7.16. The standard InChI is InChI=1S/C20H27N3O2/c1-15-7-8-19-17(13-15)18(21-25-19)14-20(24)23-11-9-22(10-12-23)16-5-3-2-4-6-16/h7-8,13,16H,2-6,9-12,14H2,1H3. The molecule has 2 aliphatic rings. The van der Waals surface area contributed by atoms with Crippen LogP contribution in [0.25, 0.3) is 11.0 Å². The molecule has 25 heavy (non-hydrogen) atoms. The minimum Gasteiger partial charge on any atom is -0.356 e. The van der Waals surface area contributed by atoms with E-state index >= 15 is 0 Å². The van der Waals surface area contributed by atoms with Crippen LogP contribution in [0.3, 0.4) is 0 Å². The summed E-state index contributed by atoms with van der Waals surface area (Å²) in [6, 6.07) is 6.72. The summed E-state index contributed by atoms with van der Waals surface area (Å²) in [5, 5.41) is 5.09. The molecule has 1 aromatic carbocycles. The summed E-state index contributed by atoms with van der Waals surface area (Å²) in [6.07, 6.45) is 7.11. The summed E-state index contributed by atoms with van der Waals surface area (Å²) in [4.78, 5) is 17.3. The largest absolute Gasteiger partial charge is 0.356 e. The van der Waals surface area contributed by atoms with E-state index in [0.29, 0.717) is 6.42 Å². The van der Waals surface area contributed by atoms with Gasteiger partial charge in [0.15, 0.2) is 5.58 Å². The Labute approximate surface area is 148 Å². The third kappa shape index (κ3) is 3.56. The van der Waals surface area contributed by atoms with E-state index in [1.54, 1.807) is 0 Å². The van der Waals surface area contributed by atoms with Crippen molar-refractivity contribution in [2.45, 2.75) is 51.5 Å². The van der Waals surface area contributed by atoms with E-state index in [4.69, 9.17) is 4.52 Å². The van der Waals surface area contributed by atoms with E-state index in [-0.39, 0.29) is 5.91 Å². The number of aryl methyl sites for hydroxylation is 1. The Morgan fingerprint density at radius 2 is 1.92 bits per heavy atom. The van der Waals surface area contributed by atoms with Crippen LogP contribution in [0, 0.1) is 6.92 Å². The number of hydrogen-bond acceptors (Lipinski definition) is 4. The molecule has 1 saturated heterocycles. The molecule has 2 heterocycles. The normalized spacial score (nSPS) is 20.3.